The lowest BCUT2D eigenvalue weighted by Crippen LogP contribution is -2.19. The third-order valence-electron chi connectivity index (χ3n) is 5.24. The molecule has 134 valence electrons. The summed E-state index contributed by atoms with van der Waals surface area (Å²) in [5, 5.41) is 14.4. The molecule has 6 nitrogen and oxygen atoms in total. The molecule has 1 N–H and O–H groups in total. The van der Waals surface area contributed by atoms with E-state index in [0.29, 0.717) is 11.3 Å². The Morgan fingerprint density at radius 2 is 1.77 bits per heavy atom. The number of nitro groups is 1. The van der Waals surface area contributed by atoms with E-state index < -0.39 is 4.92 Å². The molecule has 1 saturated heterocycles. The second kappa shape index (κ2) is 6.78. The van der Waals surface area contributed by atoms with E-state index in [4.69, 9.17) is 0 Å². The Morgan fingerprint density at radius 1 is 1.00 bits per heavy atom. The van der Waals surface area contributed by atoms with Crippen LogP contribution >= 0.6 is 0 Å². The van der Waals surface area contributed by atoms with Gasteiger partial charge in [0.05, 0.1) is 4.92 Å². The summed E-state index contributed by atoms with van der Waals surface area (Å²) in [6.45, 7) is 1.64. The van der Waals surface area contributed by atoms with Crippen LogP contribution in [0.4, 0.5) is 17.1 Å². The van der Waals surface area contributed by atoms with E-state index in [1.165, 1.54) is 17.2 Å². The van der Waals surface area contributed by atoms with Gasteiger partial charge in [0.15, 0.2) is 0 Å². The average Bonchev–Trinajstić information content (AvgIpc) is 3.32. The van der Waals surface area contributed by atoms with Crippen LogP contribution in [0.2, 0.25) is 0 Å². The van der Waals surface area contributed by atoms with Crippen LogP contribution in [0.15, 0.2) is 36.4 Å². The van der Waals surface area contributed by atoms with E-state index in [1.54, 1.807) is 12.1 Å². The normalized spacial score (nSPS) is 15.8. The maximum absolute atomic E-state index is 12.6. The van der Waals surface area contributed by atoms with Gasteiger partial charge in [0, 0.05) is 30.4 Å². The summed E-state index contributed by atoms with van der Waals surface area (Å²) in [6, 6.07) is 10.7. The summed E-state index contributed by atoms with van der Waals surface area (Å²) in [7, 11) is 0. The first-order valence-corrected chi connectivity index (χ1v) is 9.08. The van der Waals surface area contributed by atoms with Crippen molar-refractivity contribution in [1.82, 2.24) is 0 Å². The Balaban J connectivity index is 1.57. The average molecular weight is 351 g/mol. The number of fused-ring (bicyclic) bond motifs is 1. The second-order valence-electron chi connectivity index (χ2n) is 6.95. The van der Waals surface area contributed by atoms with E-state index in [-0.39, 0.29) is 11.6 Å². The monoisotopic (exact) mass is 351 g/mol. The first-order valence-electron chi connectivity index (χ1n) is 9.08. The molecule has 1 amide bonds. The largest absolute Gasteiger partial charge is 0.366 e. The van der Waals surface area contributed by atoms with Crippen LogP contribution < -0.4 is 10.2 Å². The molecule has 1 aliphatic carbocycles. The minimum atomic E-state index is -0.403. The SMILES string of the molecule is O=C(Nc1ccc2c(c1)CCC2)c1ccc(N2CCCC2)c([N+](=O)[O-])c1. The molecule has 2 aliphatic rings. The van der Waals surface area contributed by atoms with Crippen molar-refractivity contribution in [3.8, 4) is 0 Å². The van der Waals surface area contributed by atoms with Gasteiger partial charge in [-0.1, -0.05) is 6.07 Å². The van der Waals surface area contributed by atoms with E-state index in [9.17, 15) is 14.9 Å². The first kappa shape index (κ1) is 16.6. The second-order valence-corrected chi connectivity index (χ2v) is 6.95. The molecule has 0 unspecified atom stereocenters. The van der Waals surface area contributed by atoms with Gasteiger partial charge in [0.2, 0.25) is 0 Å². The fraction of sp³-hybridized carbons (Fsp3) is 0.350. The number of nitrogens with one attached hydrogen (secondary N) is 1. The number of carbonyl (C=O) groups excluding carboxylic acids is 1. The van der Waals surface area contributed by atoms with Crippen LogP contribution in [0.3, 0.4) is 0 Å². The van der Waals surface area contributed by atoms with Crippen molar-refractivity contribution in [3.05, 3.63) is 63.2 Å². The van der Waals surface area contributed by atoms with Gasteiger partial charge in [-0.2, -0.15) is 0 Å². The molecular weight excluding hydrogens is 330 g/mol. The van der Waals surface area contributed by atoms with Crippen LogP contribution in [0, 0.1) is 10.1 Å². The molecule has 2 aromatic carbocycles. The van der Waals surface area contributed by atoms with Crippen molar-refractivity contribution in [2.75, 3.05) is 23.3 Å². The Bertz CT molecular complexity index is 873. The molecule has 1 aliphatic heterocycles. The minimum Gasteiger partial charge on any atom is -0.366 e. The number of rotatable bonds is 4. The highest BCUT2D eigenvalue weighted by Gasteiger charge is 2.24. The van der Waals surface area contributed by atoms with Crippen LogP contribution in [0.25, 0.3) is 0 Å². The zero-order valence-corrected chi connectivity index (χ0v) is 14.5. The third-order valence-corrected chi connectivity index (χ3v) is 5.24. The van der Waals surface area contributed by atoms with Crippen molar-refractivity contribution in [2.45, 2.75) is 32.1 Å². The molecule has 0 bridgehead atoms. The first-order chi connectivity index (χ1) is 12.6. The number of anilines is 2. The standard InChI is InChI=1S/C20H21N3O3/c24-20(21-17-8-6-14-4-3-5-15(14)12-17)16-7-9-18(19(13-16)23(25)26)22-10-1-2-11-22/h6-9,12-13H,1-5,10-11H2,(H,21,24). The minimum absolute atomic E-state index is 0.00602. The van der Waals surface area contributed by atoms with Crippen molar-refractivity contribution >= 4 is 23.0 Å². The van der Waals surface area contributed by atoms with Gasteiger partial charge in [-0.3, -0.25) is 14.9 Å². The lowest BCUT2D eigenvalue weighted by molar-refractivity contribution is -0.384. The van der Waals surface area contributed by atoms with Crippen molar-refractivity contribution < 1.29 is 9.72 Å². The van der Waals surface area contributed by atoms with Gasteiger partial charge in [0.1, 0.15) is 5.69 Å². The molecule has 1 fully saturated rings. The Labute approximate surface area is 152 Å². The fourth-order valence-corrected chi connectivity index (χ4v) is 3.89. The smallest absolute Gasteiger partial charge is 0.293 e. The van der Waals surface area contributed by atoms with Gasteiger partial charge in [-0.05, 0) is 67.5 Å². The molecular formula is C20H21N3O3. The zero-order chi connectivity index (χ0) is 18.1. The molecule has 6 heteroatoms. The van der Waals surface area contributed by atoms with Crippen molar-refractivity contribution in [1.29, 1.82) is 0 Å². The number of nitro benzene ring substituents is 1. The number of hydrogen-bond acceptors (Lipinski definition) is 4. The van der Waals surface area contributed by atoms with E-state index in [1.807, 2.05) is 17.0 Å². The number of aryl methyl sites for hydroxylation is 2. The van der Waals surface area contributed by atoms with Gasteiger partial charge in [-0.15, -0.1) is 0 Å². The molecule has 0 atom stereocenters. The topological polar surface area (TPSA) is 75.5 Å². The highest BCUT2D eigenvalue weighted by atomic mass is 16.6. The highest BCUT2D eigenvalue weighted by Crippen LogP contribution is 2.32. The third kappa shape index (κ3) is 3.14. The number of amides is 1. The van der Waals surface area contributed by atoms with Crippen LogP contribution in [-0.2, 0) is 12.8 Å². The lowest BCUT2D eigenvalue weighted by Gasteiger charge is -2.17. The van der Waals surface area contributed by atoms with Crippen LogP contribution in [0.1, 0.15) is 40.7 Å². The summed E-state index contributed by atoms with van der Waals surface area (Å²) in [6.07, 6.45) is 5.36. The summed E-state index contributed by atoms with van der Waals surface area (Å²) < 4.78 is 0. The van der Waals surface area contributed by atoms with Crippen molar-refractivity contribution in [2.24, 2.45) is 0 Å². The quantitative estimate of drug-likeness (QED) is 0.669. The van der Waals surface area contributed by atoms with E-state index >= 15 is 0 Å². The molecule has 26 heavy (non-hydrogen) atoms. The number of benzene rings is 2. The molecule has 0 radical (unpaired) electrons. The summed E-state index contributed by atoms with van der Waals surface area (Å²) >= 11 is 0. The van der Waals surface area contributed by atoms with E-state index in [0.717, 1.165) is 50.9 Å². The van der Waals surface area contributed by atoms with Gasteiger partial charge in [0.25, 0.3) is 11.6 Å². The summed E-state index contributed by atoms with van der Waals surface area (Å²) in [5.74, 6) is -0.320. The summed E-state index contributed by atoms with van der Waals surface area (Å²) in [5.41, 5.74) is 4.25. The molecule has 0 spiro atoms. The Hall–Kier alpha value is -2.89. The number of hydrogen-bond donors (Lipinski definition) is 1. The Morgan fingerprint density at radius 3 is 2.54 bits per heavy atom. The molecule has 2 aromatic rings. The molecule has 0 saturated carbocycles. The molecule has 0 aromatic heterocycles. The van der Waals surface area contributed by atoms with Gasteiger partial charge >= 0.3 is 0 Å². The summed E-state index contributed by atoms with van der Waals surface area (Å²) in [4.78, 5) is 25.7. The fourth-order valence-electron chi connectivity index (χ4n) is 3.89. The van der Waals surface area contributed by atoms with Crippen LogP contribution in [0.5, 0.6) is 0 Å². The van der Waals surface area contributed by atoms with Gasteiger partial charge < -0.3 is 10.2 Å². The number of nitrogens with zero attached hydrogens (tertiary/aromatic N) is 2. The highest BCUT2D eigenvalue weighted by molar-refractivity contribution is 6.05. The van der Waals surface area contributed by atoms with E-state index in [2.05, 4.69) is 11.4 Å². The van der Waals surface area contributed by atoms with Crippen LogP contribution in [-0.4, -0.2) is 23.9 Å². The maximum atomic E-state index is 12.6. The Kier molecular flexibility index (Phi) is 4.32. The van der Waals surface area contributed by atoms with Gasteiger partial charge in [-0.25, -0.2) is 0 Å². The molecule has 1 heterocycles. The predicted molar refractivity (Wildman–Crippen MR) is 101 cm³/mol. The predicted octanol–water partition coefficient (Wildman–Crippen LogP) is 3.94. The maximum Gasteiger partial charge on any atom is 0.293 e. The van der Waals surface area contributed by atoms with Crippen molar-refractivity contribution in [3.63, 3.8) is 0 Å². The molecule has 4 rings (SSSR count). The number of carbonyl (C=O) groups is 1. The lowest BCUT2D eigenvalue weighted by atomic mass is 10.1. The zero-order valence-electron chi connectivity index (χ0n) is 14.5.